The van der Waals surface area contributed by atoms with Crippen molar-refractivity contribution in [2.45, 2.75) is 76.4 Å². The number of likely N-dealkylation sites (N-methyl/N-ethyl adjacent to an activating group) is 2. The van der Waals surface area contributed by atoms with Gasteiger partial charge in [0.25, 0.3) is 0 Å². The molecule has 3 aliphatic rings. The standard InChI is InChI=1S/C23H48N3O2S/c1-6-14-25(4)15-9-7-11-21(25)13-17-26(5)16-10-8-12-22(26)23-20-29(27,28)19-18-24(23,2)3/h21-23H,6-20H2,1-5H3/q+3. The van der Waals surface area contributed by atoms with Crippen LogP contribution in [0.15, 0.2) is 0 Å². The van der Waals surface area contributed by atoms with E-state index in [4.69, 9.17) is 0 Å². The van der Waals surface area contributed by atoms with Crippen molar-refractivity contribution in [3.63, 3.8) is 0 Å². The molecule has 0 spiro atoms. The maximum atomic E-state index is 12.5. The van der Waals surface area contributed by atoms with E-state index in [1.54, 1.807) is 0 Å². The van der Waals surface area contributed by atoms with Gasteiger partial charge in [-0.2, -0.15) is 0 Å². The summed E-state index contributed by atoms with van der Waals surface area (Å²) in [7, 11) is 6.60. The maximum Gasteiger partial charge on any atom is 0.161 e. The van der Waals surface area contributed by atoms with Crippen molar-refractivity contribution in [1.82, 2.24) is 0 Å². The third kappa shape index (κ3) is 5.19. The molecular formula is C23H48N3O2S+3. The van der Waals surface area contributed by atoms with Crippen LogP contribution >= 0.6 is 0 Å². The molecule has 0 amide bonds. The summed E-state index contributed by atoms with van der Waals surface area (Å²) in [5.74, 6) is 0.757. The summed E-state index contributed by atoms with van der Waals surface area (Å²) in [6.45, 7) is 8.21. The second-order valence-electron chi connectivity index (χ2n) is 11.5. The van der Waals surface area contributed by atoms with Crippen LogP contribution in [0.25, 0.3) is 0 Å². The number of likely N-dealkylation sites (tertiary alicyclic amines) is 2. The van der Waals surface area contributed by atoms with Crippen LogP contribution in [0.3, 0.4) is 0 Å². The van der Waals surface area contributed by atoms with Gasteiger partial charge >= 0.3 is 0 Å². The molecule has 5 nitrogen and oxygen atoms in total. The van der Waals surface area contributed by atoms with Gasteiger partial charge in [0.1, 0.15) is 11.8 Å². The lowest BCUT2D eigenvalue weighted by Crippen LogP contribution is -2.71. The van der Waals surface area contributed by atoms with Crippen LogP contribution in [0.2, 0.25) is 0 Å². The summed E-state index contributed by atoms with van der Waals surface area (Å²) in [6.07, 6.45) is 10.5. The van der Waals surface area contributed by atoms with Gasteiger partial charge in [0.2, 0.25) is 0 Å². The fourth-order valence-electron chi connectivity index (χ4n) is 6.90. The molecular weight excluding hydrogens is 382 g/mol. The summed E-state index contributed by atoms with van der Waals surface area (Å²) < 4.78 is 28.3. The van der Waals surface area contributed by atoms with Crippen molar-refractivity contribution >= 4 is 9.84 Å². The number of piperidine rings is 2. The largest absolute Gasteiger partial charge is 0.323 e. The van der Waals surface area contributed by atoms with Crippen LogP contribution in [0.4, 0.5) is 0 Å². The van der Waals surface area contributed by atoms with E-state index in [9.17, 15) is 8.42 Å². The summed E-state index contributed by atoms with van der Waals surface area (Å²) in [5, 5.41) is 0. The predicted octanol–water partition coefficient (Wildman–Crippen LogP) is 2.66. The van der Waals surface area contributed by atoms with Gasteiger partial charge in [0, 0.05) is 12.8 Å². The van der Waals surface area contributed by atoms with E-state index >= 15 is 0 Å². The molecule has 3 heterocycles. The molecule has 0 bridgehead atoms. The fraction of sp³-hybridized carbons (Fsp3) is 1.00. The van der Waals surface area contributed by atoms with Crippen LogP contribution in [0, 0.1) is 0 Å². The summed E-state index contributed by atoms with van der Waals surface area (Å²) in [4.78, 5) is 0. The first-order valence-electron chi connectivity index (χ1n) is 12.2. The molecule has 5 atom stereocenters. The van der Waals surface area contributed by atoms with E-state index in [-0.39, 0.29) is 6.04 Å². The van der Waals surface area contributed by atoms with Crippen molar-refractivity contribution in [2.75, 3.05) is 72.4 Å². The minimum absolute atomic E-state index is 0.252. The zero-order valence-electron chi connectivity index (χ0n) is 19.9. The first kappa shape index (κ1) is 23.5. The maximum absolute atomic E-state index is 12.5. The molecule has 5 unspecified atom stereocenters. The Morgan fingerprint density at radius 1 is 0.793 bits per heavy atom. The van der Waals surface area contributed by atoms with Gasteiger partial charge in [0.05, 0.1) is 72.7 Å². The van der Waals surface area contributed by atoms with E-state index < -0.39 is 9.84 Å². The number of nitrogens with zero attached hydrogens (tertiary/aromatic N) is 3. The van der Waals surface area contributed by atoms with Crippen molar-refractivity contribution in [3.05, 3.63) is 0 Å². The van der Waals surface area contributed by atoms with E-state index in [1.807, 2.05) is 0 Å². The summed E-state index contributed by atoms with van der Waals surface area (Å²) >= 11 is 0. The van der Waals surface area contributed by atoms with Gasteiger partial charge in [-0.1, -0.05) is 6.92 Å². The molecule has 0 aromatic heterocycles. The Bertz CT molecular complexity index is 661. The Kier molecular flexibility index (Phi) is 7.09. The monoisotopic (exact) mass is 430 g/mol. The highest BCUT2D eigenvalue weighted by Gasteiger charge is 2.52. The summed E-state index contributed by atoms with van der Waals surface area (Å²) in [5.41, 5.74) is 0. The molecule has 3 aliphatic heterocycles. The third-order valence-electron chi connectivity index (χ3n) is 9.01. The van der Waals surface area contributed by atoms with Crippen LogP contribution in [0.5, 0.6) is 0 Å². The Morgan fingerprint density at radius 3 is 2.14 bits per heavy atom. The Labute approximate surface area is 180 Å². The molecule has 3 rings (SSSR count). The molecule has 0 aliphatic carbocycles. The molecule has 29 heavy (non-hydrogen) atoms. The minimum atomic E-state index is -2.89. The molecule has 0 N–H and O–H groups in total. The van der Waals surface area contributed by atoms with Crippen molar-refractivity contribution in [1.29, 1.82) is 0 Å². The number of hydrogen-bond acceptors (Lipinski definition) is 2. The topological polar surface area (TPSA) is 34.1 Å². The first-order valence-corrected chi connectivity index (χ1v) is 14.1. The first-order chi connectivity index (χ1) is 13.5. The van der Waals surface area contributed by atoms with E-state index in [1.165, 1.54) is 82.0 Å². The second-order valence-corrected chi connectivity index (χ2v) is 13.8. The fourth-order valence-corrected chi connectivity index (χ4v) is 8.97. The van der Waals surface area contributed by atoms with E-state index in [0.29, 0.717) is 17.5 Å². The smallest absolute Gasteiger partial charge is 0.161 e. The Hall–Kier alpha value is -0.170. The second kappa shape index (κ2) is 8.76. The third-order valence-corrected chi connectivity index (χ3v) is 10.7. The zero-order chi connectivity index (χ0) is 21.3. The van der Waals surface area contributed by atoms with Gasteiger partial charge in [-0.15, -0.1) is 0 Å². The Morgan fingerprint density at radius 2 is 1.45 bits per heavy atom. The zero-order valence-corrected chi connectivity index (χ0v) is 20.7. The molecule has 3 fully saturated rings. The van der Waals surface area contributed by atoms with E-state index in [0.717, 1.165) is 21.6 Å². The molecule has 0 aromatic carbocycles. The van der Waals surface area contributed by atoms with Crippen molar-refractivity contribution < 1.29 is 21.9 Å². The lowest BCUT2D eigenvalue weighted by molar-refractivity contribution is -0.996. The molecule has 0 aromatic rings. The SMILES string of the molecule is CCC[N+]1(C)CCCCC1CC[N+]1(C)CCCCC1C1CS(=O)(=O)CC[N+]1(C)C. The molecule has 0 radical (unpaired) electrons. The minimum Gasteiger partial charge on any atom is -0.323 e. The molecule has 170 valence electrons. The normalized spacial score (nSPS) is 42.4. The van der Waals surface area contributed by atoms with Crippen molar-refractivity contribution in [3.8, 4) is 0 Å². The van der Waals surface area contributed by atoms with Crippen LogP contribution in [0.1, 0.15) is 58.3 Å². The molecule has 0 saturated carbocycles. The molecule has 6 heteroatoms. The van der Waals surface area contributed by atoms with Crippen molar-refractivity contribution in [2.24, 2.45) is 0 Å². The highest BCUT2D eigenvalue weighted by Crippen LogP contribution is 2.35. The highest BCUT2D eigenvalue weighted by molar-refractivity contribution is 7.91. The van der Waals surface area contributed by atoms with Crippen LogP contribution in [-0.4, -0.2) is 112 Å². The number of quaternary nitrogens is 3. The lowest BCUT2D eigenvalue weighted by Gasteiger charge is -2.53. The van der Waals surface area contributed by atoms with Gasteiger partial charge in [-0.05, 0) is 38.5 Å². The predicted molar refractivity (Wildman–Crippen MR) is 121 cm³/mol. The highest BCUT2D eigenvalue weighted by atomic mass is 32.2. The Balaban J connectivity index is 1.77. The number of hydrogen-bond donors (Lipinski definition) is 0. The number of sulfone groups is 1. The van der Waals surface area contributed by atoms with Crippen LogP contribution < -0.4 is 0 Å². The van der Waals surface area contributed by atoms with Gasteiger partial charge < -0.3 is 13.4 Å². The van der Waals surface area contributed by atoms with Gasteiger partial charge in [0.15, 0.2) is 15.9 Å². The average molecular weight is 431 g/mol. The van der Waals surface area contributed by atoms with Gasteiger partial charge in [-0.25, -0.2) is 8.42 Å². The number of rotatable bonds is 6. The van der Waals surface area contributed by atoms with E-state index in [2.05, 4.69) is 35.1 Å². The average Bonchev–Trinajstić information content (AvgIpc) is 2.64. The quantitative estimate of drug-likeness (QED) is 0.607. The lowest BCUT2D eigenvalue weighted by atomic mass is 9.89. The molecule has 3 saturated heterocycles. The van der Waals surface area contributed by atoms with Gasteiger partial charge in [-0.3, -0.25) is 0 Å². The van der Waals surface area contributed by atoms with Crippen LogP contribution in [-0.2, 0) is 9.84 Å². The summed E-state index contributed by atoms with van der Waals surface area (Å²) in [6, 6.07) is 1.53.